The average Bonchev–Trinajstić information content (AvgIpc) is 3.35. The molecule has 0 aliphatic carbocycles. The summed E-state index contributed by atoms with van der Waals surface area (Å²) in [5, 5.41) is 74.3. The Bertz CT molecular complexity index is 3180. The molecule has 70 heavy (non-hydrogen) atoms. The summed E-state index contributed by atoms with van der Waals surface area (Å²) >= 11 is 0. The number of aromatic hydroxyl groups is 2. The van der Waals surface area contributed by atoms with E-state index < -0.39 is 0 Å². The molecule has 0 aliphatic heterocycles. The zero-order valence-electron chi connectivity index (χ0n) is 39.1. The van der Waals surface area contributed by atoms with Crippen LogP contribution in [0.25, 0.3) is 98.0 Å². The van der Waals surface area contributed by atoms with Crippen LogP contribution in [0.3, 0.4) is 0 Å². The topological polar surface area (TPSA) is 132 Å². The average molecular weight is 1020 g/mol. The molecule has 0 unspecified atom stereocenters. The molecule has 0 aromatic heterocycles. The van der Waals surface area contributed by atoms with Crippen molar-refractivity contribution in [2.75, 3.05) is 0 Å². The van der Waals surface area contributed by atoms with Crippen LogP contribution in [-0.2, 0) is 0 Å². The summed E-state index contributed by atoms with van der Waals surface area (Å²) in [6.07, 6.45) is 0. The van der Waals surface area contributed by atoms with Crippen molar-refractivity contribution in [3.63, 3.8) is 0 Å². The van der Waals surface area contributed by atoms with Gasteiger partial charge in [-0.05, 0) is 100 Å². The van der Waals surface area contributed by atoms with Gasteiger partial charge in [0.2, 0.25) is 0 Å². The van der Waals surface area contributed by atoms with Gasteiger partial charge in [-0.25, -0.2) is 0 Å². The molecule has 0 atom stereocenters. The van der Waals surface area contributed by atoms with Crippen LogP contribution in [0.1, 0.15) is 0 Å². The predicted molar refractivity (Wildman–Crippen MR) is 269 cm³/mol. The second-order valence-corrected chi connectivity index (χ2v) is 16.1. The van der Waals surface area contributed by atoms with Gasteiger partial charge in [-0.1, -0.05) is 193 Å². The van der Waals surface area contributed by atoms with Gasteiger partial charge in [0.1, 0.15) is 11.5 Å². The number of benzene rings is 12. The van der Waals surface area contributed by atoms with Gasteiger partial charge in [0.15, 0.2) is 0 Å². The van der Waals surface area contributed by atoms with E-state index in [2.05, 4.69) is 0 Å². The van der Waals surface area contributed by atoms with Crippen LogP contribution >= 0.6 is 0 Å². The molecule has 321 valence electrons. The maximum Gasteiger partial charge on any atom is 1.00 e. The minimum atomic E-state index is -0.0384. The molecule has 6 nitrogen and oxygen atoms in total. The van der Waals surface area contributed by atoms with E-state index in [1.807, 2.05) is 182 Å². The van der Waals surface area contributed by atoms with E-state index in [0.29, 0.717) is 33.8 Å². The number of hydrogen-bond acceptors (Lipinski definition) is 4. The molecule has 0 aliphatic rings. The maximum absolute atomic E-state index is 12.5. The Labute approximate surface area is 469 Å². The van der Waals surface area contributed by atoms with Gasteiger partial charge >= 0.3 is 56.6 Å². The number of phenolic OH excluding ortho intramolecular Hbond substituents is 2. The molecule has 12 aromatic rings. The Morgan fingerprint density at radius 3 is 0.757 bits per heavy atom. The molecular weight excluding hydrogens is 976 g/mol. The summed E-state index contributed by atoms with van der Waals surface area (Å²) in [5.41, 5.74) is 4.04. The van der Waals surface area contributed by atoms with Crippen LogP contribution in [0.4, 0.5) is 0 Å². The van der Waals surface area contributed by atoms with E-state index in [1.165, 1.54) is 0 Å². The van der Waals surface area contributed by atoms with Crippen LogP contribution < -0.4 is 66.8 Å². The molecule has 0 heterocycles. The van der Waals surface area contributed by atoms with Gasteiger partial charge in [0, 0.05) is 58.9 Å². The number of hydrogen-bond donors (Lipinski definition) is 2. The third-order valence-corrected chi connectivity index (χ3v) is 12.2. The summed E-state index contributed by atoms with van der Waals surface area (Å²) in [5.74, 6) is 1.03. The van der Waals surface area contributed by atoms with E-state index in [9.17, 15) is 20.4 Å². The SMILES string of the molecule is Oc1ccc2ccccc2c1-c1c(O)ccc2ccccc12.[La].[Li+].[Li+].[Li+].[O-]c1ccc2ccccc2c1-c1c([OH2+])ccc2ccccc12.[O-]c1ccc2ccccc2c1-c1c([OH2+])ccc2ccccc12. The van der Waals surface area contributed by atoms with Crippen molar-refractivity contribution in [2.24, 2.45) is 0 Å². The standard InChI is InChI=1S/3C20H14O2.La.3Li/c3*21-17-11-9-13-5-1-3-7-15(13)19(17)20-16-8-4-2-6-14(16)10-12-18(20)22;;;;/h3*1-12,21-22H;;;;/q;;;;3*+1. The fourth-order valence-electron chi connectivity index (χ4n) is 9.15. The molecule has 10 heteroatoms. The molecule has 1 radical (unpaired) electrons. The second kappa shape index (κ2) is 23.3. The summed E-state index contributed by atoms with van der Waals surface area (Å²) in [4.78, 5) is 0. The Balaban J connectivity index is 0.000000167. The molecule has 6 N–H and O–H groups in total. The Morgan fingerprint density at radius 1 is 0.257 bits per heavy atom. The molecule has 12 aromatic carbocycles. The van der Waals surface area contributed by atoms with Gasteiger partial charge < -0.3 is 30.6 Å². The van der Waals surface area contributed by atoms with E-state index in [1.54, 1.807) is 36.4 Å². The maximum atomic E-state index is 12.5. The summed E-state index contributed by atoms with van der Waals surface area (Å²) in [6, 6.07) is 68.6. The molecule has 0 bridgehead atoms. The molecule has 0 saturated carbocycles. The third-order valence-electron chi connectivity index (χ3n) is 12.2. The molecular formula is C60H42LaLi3O6+3. The van der Waals surface area contributed by atoms with Gasteiger partial charge in [0.25, 0.3) is 11.5 Å². The first-order valence-electron chi connectivity index (χ1n) is 21.5. The monoisotopic (exact) mass is 1020 g/mol. The van der Waals surface area contributed by atoms with Crippen molar-refractivity contribution in [1.29, 1.82) is 0 Å². The van der Waals surface area contributed by atoms with E-state index in [4.69, 9.17) is 10.2 Å². The molecule has 12 rings (SSSR count). The van der Waals surface area contributed by atoms with Gasteiger partial charge in [-0.15, -0.1) is 0 Å². The molecule has 0 saturated heterocycles. The van der Waals surface area contributed by atoms with Gasteiger partial charge in [0.05, 0.1) is 11.1 Å². The van der Waals surface area contributed by atoms with E-state index >= 15 is 0 Å². The quantitative estimate of drug-likeness (QED) is 0.201. The zero-order chi connectivity index (χ0) is 45.3. The predicted octanol–water partition coefficient (Wildman–Crippen LogP) is 4.43. The fraction of sp³-hybridized carbons (Fsp3) is 0. The van der Waals surface area contributed by atoms with Crippen molar-refractivity contribution in [3.05, 3.63) is 218 Å². The first-order valence-corrected chi connectivity index (χ1v) is 21.5. The second-order valence-electron chi connectivity index (χ2n) is 16.1. The van der Waals surface area contributed by atoms with E-state index in [-0.39, 0.29) is 115 Å². The zero-order valence-corrected chi connectivity index (χ0v) is 42.7. The van der Waals surface area contributed by atoms with Crippen LogP contribution in [-0.4, -0.2) is 20.4 Å². The van der Waals surface area contributed by atoms with E-state index in [0.717, 1.165) is 75.8 Å². The summed E-state index contributed by atoms with van der Waals surface area (Å²) < 4.78 is 0. The van der Waals surface area contributed by atoms with Crippen molar-refractivity contribution in [1.82, 2.24) is 0 Å². The Morgan fingerprint density at radius 2 is 0.471 bits per heavy atom. The minimum Gasteiger partial charge on any atom is -0.872 e. The van der Waals surface area contributed by atoms with Crippen LogP contribution in [0.15, 0.2) is 218 Å². The Kier molecular flexibility index (Phi) is 17.7. The number of fused-ring (bicyclic) bond motifs is 6. The van der Waals surface area contributed by atoms with Crippen molar-refractivity contribution >= 4 is 64.6 Å². The van der Waals surface area contributed by atoms with Crippen LogP contribution in [0.2, 0.25) is 0 Å². The largest absolute Gasteiger partial charge is 1.00 e. The molecule has 0 spiro atoms. The van der Waals surface area contributed by atoms with Gasteiger partial charge in [-0.3, -0.25) is 0 Å². The van der Waals surface area contributed by atoms with Crippen molar-refractivity contribution in [2.45, 2.75) is 0 Å². The number of phenols is 2. The van der Waals surface area contributed by atoms with Crippen LogP contribution in [0, 0.1) is 35.6 Å². The first-order chi connectivity index (χ1) is 32.3. The van der Waals surface area contributed by atoms with Crippen molar-refractivity contribution < 1.29 is 123 Å². The smallest absolute Gasteiger partial charge is 0.872 e. The Hall–Kier alpha value is -6.01. The van der Waals surface area contributed by atoms with Gasteiger partial charge in [-0.2, -0.15) is 0 Å². The fourth-order valence-corrected chi connectivity index (χ4v) is 9.15. The van der Waals surface area contributed by atoms with Crippen molar-refractivity contribution in [3.8, 4) is 67.9 Å². The minimum absolute atomic E-state index is 0. The van der Waals surface area contributed by atoms with Crippen LogP contribution in [0.5, 0.6) is 34.5 Å². The summed E-state index contributed by atoms with van der Waals surface area (Å²) in [6.45, 7) is 0. The first kappa shape index (κ1) is 53.3. The third kappa shape index (κ3) is 10.2. The summed E-state index contributed by atoms with van der Waals surface area (Å²) in [7, 11) is 0. The molecule has 0 amide bonds. The number of rotatable bonds is 3. The normalized spacial score (nSPS) is 10.5. The molecule has 0 fully saturated rings.